The van der Waals surface area contributed by atoms with Crippen LogP contribution in [0.1, 0.15) is 5.69 Å². The minimum absolute atomic E-state index is 0.0347. The Morgan fingerprint density at radius 3 is 3.05 bits per heavy atom. The first kappa shape index (κ1) is 13.4. The Balaban J connectivity index is 2.31. The van der Waals surface area contributed by atoms with Crippen molar-refractivity contribution in [2.45, 2.75) is 0 Å². The van der Waals surface area contributed by atoms with Crippen LogP contribution in [0.4, 0.5) is 5.13 Å². The van der Waals surface area contributed by atoms with E-state index in [4.69, 9.17) is 21.6 Å². The van der Waals surface area contributed by atoms with Crippen LogP contribution in [-0.4, -0.2) is 36.1 Å². The lowest BCUT2D eigenvalue weighted by atomic mass is 9.94. The molecule has 0 aromatic carbocycles. The van der Waals surface area contributed by atoms with E-state index >= 15 is 0 Å². The van der Waals surface area contributed by atoms with E-state index in [0.29, 0.717) is 28.9 Å². The minimum Gasteiger partial charge on any atom is -0.384 e. The van der Waals surface area contributed by atoms with Crippen LogP contribution in [0.25, 0.3) is 0 Å². The number of hydrogen-bond donors (Lipinski definition) is 3. The van der Waals surface area contributed by atoms with Gasteiger partial charge in [0.15, 0.2) is 5.96 Å². The van der Waals surface area contributed by atoms with E-state index in [0.717, 1.165) is 0 Å². The summed E-state index contributed by atoms with van der Waals surface area (Å²) in [6, 6.07) is 0. The number of nitrogens with one attached hydrogen (secondary N) is 1. The molecule has 2 heterocycles. The van der Waals surface area contributed by atoms with Gasteiger partial charge in [0.1, 0.15) is 0 Å². The lowest BCUT2D eigenvalue weighted by molar-refractivity contribution is 0.193. The van der Waals surface area contributed by atoms with Crippen molar-refractivity contribution in [2.24, 2.45) is 27.4 Å². The second-order valence-corrected chi connectivity index (χ2v) is 4.68. The molecule has 1 aliphatic rings. The molecule has 19 heavy (non-hydrogen) atoms. The molecule has 0 saturated heterocycles. The van der Waals surface area contributed by atoms with Crippen molar-refractivity contribution in [1.82, 2.24) is 4.98 Å². The zero-order chi connectivity index (χ0) is 13.8. The predicted molar refractivity (Wildman–Crippen MR) is 76.4 cm³/mol. The van der Waals surface area contributed by atoms with Gasteiger partial charge in [-0.1, -0.05) is 0 Å². The number of methoxy groups -OCH3 is 1. The first-order valence-corrected chi connectivity index (χ1v) is 6.37. The van der Waals surface area contributed by atoms with Gasteiger partial charge in [-0.05, 0) is 6.08 Å². The lowest BCUT2D eigenvalue weighted by Gasteiger charge is -2.18. The normalized spacial score (nSPS) is 18.3. The average molecular weight is 278 g/mol. The highest BCUT2D eigenvalue weighted by Gasteiger charge is 2.25. The van der Waals surface area contributed by atoms with Gasteiger partial charge in [-0.15, -0.1) is 11.3 Å². The molecule has 2 rings (SSSR count). The average Bonchev–Trinajstić information content (AvgIpc) is 2.79. The van der Waals surface area contributed by atoms with Gasteiger partial charge in [-0.2, -0.15) is 4.99 Å². The Hall–Kier alpha value is -2.06. The maximum absolute atomic E-state index is 7.91. The highest BCUT2D eigenvalue weighted by molar-refractivity contribution is 7.13. The number of ether oxygens (including phenoxy) is 1. The fourth-order valence-corrected chi connectivity index (χ4v) is 2.37. The van der Waals surface area contributed by atoms with Crippen LogP contribution < -0.4 is 11.5 Å². The Morgan fingerprint density at radius 1 is 1.58 bits per heavy atom. The summed E-state index contributed by atoms with van der Waals surface area (Å²) in [4.78, 5) is 12.5. The number of nitrogens with zero attached hydrogens (tertiary/aromatic N) is 3. The summed E-state index contributed by atoms with van der Waals surface area (Å²) in [6.07, 6.45) is 3.24. The molecular formula is C11H14N6OS. The van der Waals surface area contributed by atoms with E-state index < -0.39 is 0 Å². The maximum Gasteiger partial charge on any atom is 0.212 e. The quantitative estimate of drug-likeness (QED) is 0.552. The summed E-state index contributed by atoms with van der Waals surface area (Å²) in [5, 5.41) is 10.2. The van der Waals surface area contributed by atoms with E-state index in [9.17, 15) is 0 Å². The number of thiazole rings is 1. The minimum atomic E-state index is -0.218. The molecule has 1 aromatic heterocycles. The molecule has 1 unspecified atom stereocenters. The van der Waals surface area contributed by atoms with Gasteiger partial charge in [0.05, 0.1) is 23.9 Å². The number of rotatable bonds is 4. The molecule has 0 spiro atoms. The lowest BCUT2D eigenvalue weighted by Crippen LogP contribution is -2.29. The largest absolute Gasteiger partial charge is 0.384 e. The second-order valence-electron chi connectivity index (χ2n) is 3.85. The van der Waals surface area contributed by atoms with Crippen molar-refractivity contribution in [3.05, 3.63) is 23.3 Å². The summed E-state index contributed by atoms with van der Waals surface area (Å²) in [7, 11) is 1.59. The van der Waals surface area contributed by atoms with E-state index in [-0.39, 0.29) is 11.9 Å². The number of aliphatic imine (C=N–C) groups is 2. The van der Waals surface area contributed by atoms with Gasteiger partial charge in [0.25, 0.3) is 0 Å². The first-order valence-electron chi connectivity index (χ1n) is 5.49. The fourth-order valence-electron chi connectivity index (χ4n) is 1.68. The topological polar surface area (TPSA) is 123 Å². The molecule has 1 atom stereocenters. The Morgan fingerprint density at radius 2 is 2.37 bits per heavy atom. The van der Waals surface area contributed by atoms with Gasteiger partial charge in [-0.3, -0.25) is 4.99 Å². The second kappa shape index (κ2) is 5.72. The van der Waals surface area contributed by atoms with Crippen LogP contribution in [0, 0.1) is 11.3 Å². The van der Waals surface area contributed by atoms with Gasteiger partial charge in [0.2, 0.25) is 5.13 Å². The van der Waals surface area contributed by atoms with E-state index in [1.165, 1.54) is 11.3 Å². The van der Waals surface area contributed by atoms with Crippen LogP contribution >= 0.6 is 11.3 Å². The summed E-state index contributed by atoms with van der Waals surface area (Å²) in [6.45, 7) is 0.386. The molecule has 0 radical (unpaired) electrons. The molecule has 0 amide bonds. The molecule has 1 aliphatic heterocycles. The highest BCUT2D eigenvalue weighted by atomic mass is 32.1. The van der Waals surface area contributed by atoms with Crippen molar-refractivity contribution in [1.29, 1.82) is 5.41 Å². The van der Waals surface area contributed by atoms with Crippen LogP contribution in [0.3, 0.4) is 0 Å². The molecule has 0 aliphatic carbocycles. The fraction of sp³-hybridized carbons (Fsp3) is 0.273. The number of guanidine groups is 1. The Labute approximate surface area is 114 Å². The third kappa shape index (κ3) is 3.04. The van der Waals surface area contributed by atoms with E-state index in [1.54, 1.807) is 19.4 Å². The highest BCUT2D eigenvalue weighted by Crippen LogP contribution is 2.23. The van der Waals surface area contributed by atoms with Crippen molar-refractivity contribution in [3.63, 3.8) is 0 Å². The summed E-state index contributed by atoms with van der Waals surface area (Å²) in [5.41, 5.74) is 12.4. The van der Waals surface area contributed by atoms with Crippen molar-refractivity contribution in [3.8, 4) is 0 Å². The van der Waals surface area contributed by atoms with Crippen LogP contribution in [0.2, 0.25) is 0 Å². The van der Waals surface area contributed by atoms with Crippen LogP contribution in [-0.2, 0) is 4.74 Å². The maximum atomic E-state index is 7.91. The SMILES string of the molecule is COCC1C(=N)C=CN=C1c1csc(N=C(N)N)n1. The van der Waals surface area contributed by atoms with Gasteiger partial charge in [0, 0.05) is 24.4 Å². The predicted octanol–water partition coefficient (Wildman–Crippen LogP) is 0.647. The molecule has 7 nitrogen and oxygen atoms in total. The third-order valence-corrected chi connectivity index (χ3v) is 3.22. The molecule has 0 fully saturated rings. The van der Waals surface area contributed by atoms with Crippen LogP contribution in [0.5, 0.6) is 0 Å². The zero-order valence-electron chi connectivity index (χ0n) is 10.3. The molecule has 0 bridgehead atoms. The van der Waals surface area contributed by atoms with E-state index in [2.05, 4.69) is 15.0 Å². The van der Waals surface area contributed by atoms with Crippen molar-refractivity contribution in [2.75, 3.05) is 13.7 Å². The summed E-state index contributed by atoms with van der Waals surface area (Å²) in [5.74, 6) is -0.253. The van der Waals surface area contributed by atoms with Crippen molar-refractivity contribution < 1.29 is 4.74 Å². The number of hydrogen-bond acceptors (Lipinski definition) is 6. The molecule has 1 aromatic rings. The summed E-state index contributed by atoms with van der Waals surface area (Å²) >= 11 is 1.32. The molecule has 8 heteroatoms. The van der Waals surface area contributed by atoms with Gasteiger partial charge in [-0.25, -0.2) is 4.98 Å². The molecular weight excluding hydrogens is 264 g/mol. The number of aromatic nitrogens is 1. The number of allylic oxidation sites excluding steroid dienone is 1. The first-order chi connectivity index (χ1) is 9.11. The monoisotopic (exact) mass is 278 g/mol. The van der Waals surface area contributed by atoms with E-state index in [1.807, 2.05) is 5.38 Å². The third-order valence-electron chi connectivity index (χ3n) is 2.49. The standard InChI is InChI=1S/C11H14N6OS/c1-18-4-6-7(12)2-3-15-9(6)8-5-19-11(16-8)17-10(13)14/h2-3,5-6,12H,4H2,1H3,(H4,13,14,16,17). The van der Waals surface area contributed by atoms with Gasteiger partial charge < -0.3 is 21.6 Å². The Kier molecular flexibility index (Phi) is 4.03. The Bertz CT molecular complexity index is 569. The smallest absolute Gasteiger partial charge is 0.212 e. The van der Waals surface area contributed by atoms with Gasteiger partial charge >= 0.3 is 0 Å². The molecule has 5 N–H and O–H groups in total. The van der Waals surface area contributed by atoms with Crippen LogP contribution in [0.15, 0.2) is 27.6 Å². The number of nitrogens with two attached hydrogens (primary N) is 2. The summed E-state index contributed by atoms with van der Waals surface area (Å²) < 4.78 is 5.13. The molecule has 100 valence electrons. The van der Waals surface area contributed by atoms with Crippen molar-refractivity contribution >= 4 is 33.9 Å². The molecule has 0 saturated carbocycles. The zero-order valence-corrected chi connectivity index (χ0v) is 11.1.